The molecule has 0 amide bonds. The monoisotopic (exact) mass is 331 g/mol. The molecule has 3 rings (SSSR count). The molecule has 1 heterocycles. The zero-order valence-corrected chi connectivity index (χ0v) is 14.5. The summed E-state index contributed by atoms with van der Waals surface area (Å²) in [5.41, 5.74) is 1.91. The molecule has 0 aliphatic heterocycles. The van der Waals surface area contributed by atoms with E-state index in [0.717, 1.165) is 29.7 Å². The first-order valence-electron chi connectivity index (χ1n) is 8.42. The van der Waals surface area contributed by atoms with Crippen molar-refractivity contribution in [2.45, 2.75) is 19.8 Å². The van der Waals surface area contributed by atoms with Gasteiger partial charge in [0.15, 0.2) is 17.5 Å². The van der Waals surface area contributed by atoms with E-state index in [4.69, 9.17) is 4.74 Å². The number of unbranched alkanes of at least 4 members (excludes halogenated alkanes) is 1. The molecule has 1 aromatic heterocycles. The van der Waals surface area contributed by atoms with Crippen LogP contribution in [0.3, 0.4) is 0 Å². The van der Waals surface area contributed by atoms with Crippen LogP contribution in [-0.2, 0) is 0 Å². The van der Waals surface area contributed by atoms with Gasteiger partial charge in [0, 0.05) is 11.1 Å². The van der Waals surface area contributed by atoms with E-state index in [1.165, 1.54) is 0 Å². The van der Waals surface area contributed by atoms with Gasteiger partial charge in [-0.2, -0.15) is 0 Å². The molecule has 25 heavy (non-hydrogen) atoms. The summed E-state index contributed by atoms with van der Waals surface area (Å²) in [7, 11) is 1.65. The second kappa shape index (κ2) is 8.20. The molecule has 0 saturated heterocycles. The Labute approximate surface area is 148 Å². The molecular weight excluding hydrogens is 310 g/mol. The van der Waals surface area contributed by atoms with Crippen molar-refractivity contribution in [3.63, 3.8) is 0 Å². The minimum absolute atomic E-state index is 0.660. The molecule has 0 N–H and O–H groups in total. The summed E-state index contributed by atoms with van der Waals surface area (Å²) in [6.45, 7) is 2.15. The summed E-state index contributed by atoms with van der Waals surface area (Å²) >= 11 is 0. The van der Waals surface area contributed by atoms with Gasteiger partial charge in [0.05, 0.1) is 7.11 Å². The van der Waals surface area contributed by atoms with E-state index < -0.39 is 0 Å². The fourth-order valence-corrected chi connectivity index (χ4v) is 2.41. The average Bonchev–Trinajstić information content (AvgIpc) is 2.69. The first kappa shape index (κ1) is 16.8. The van der Waals surface area contributed by atoms with Crippen LogP contribution >= 0.6 is 0 Å². The Morgan fingerprint density at radius 3 is 2.08 bits per heavy atom. The third kappa shape index (κ3) is 4.29. The molecule has 0 unspecified atom stereocenters. The number of benzene rings is 2. The smallest absolute Gasteiger partial charge is 0.164 e. The number of aromatic nitrogens is 3. The number of hydrogen-bond acceptors (Lipinski definition) is 4. The first-order chi connectivity index (χ1) is 12.3. The molecular formula is C21H21N3O. The van der Waals surface area contributed by atoms with Gasteiger partial charge in [0.2, 0.25) is 0 Å². The summed E-state index contributed by atoms with van der Waals surface area (Å²) in [5.74, 6) is 2.82. The molecule has 0 spiro atoms. The molecule has 0 aliphatic carbocycles. The highest BCUT2D eigenvalue weighted by Crippen LogP contribution is 2.22. The molecule has 0 radical (unpaired) electrons. The Hall–Kier alpha value is -3.01. The molecule has 4 heteroatoms. The Bertz CT molecular complexity index is 843. The van der Waals surface area contributed by atoms with Gasteiger partial charge in [-0.1, -0.05) is 49.8 Å². The summed E-state index contributed by atoms with van der Waals surface area (Å²) < 4.78 is 5.22. The van der Waals surface area contributed by atoms with Gasteiger partial charge < -0.3 is 4.74 Å². The Kier molecular flexibility index (Phi) is 5.52. The fraction of sp³-hybridized carbons (Fsp3) is 0.190. The van der Waals surface area contributed by atoms with Gasteiger partial charge in [-0.15, -0.1) is 0 Å². The highest BCUT2D eigenvalue weighted by atomic mass is 16.5. The lowest BCUT2D eigenvalue weighted by Crippen LogP contribution is -1.99. The van der Waals surface area contributed by atoms with E-state index in [1.54, 1.807) is 7.11 Å². The number of ether oxygens (including phenoxy) is 1. The standard InChI is InChI=1S/C21H21N3O/c1-3-4-6-11-19-22-20(16-9-7-5-8-10-16)24-21(23-19)17-12-14-18(25-2)15-13-17/h5-15H,3-4H2,1-2H3/b11-6+. The van der Waals surface area contributed by atoms with E-state index in [9.17, 15) is 0 Å². The Balaban J connectivity index is 2.05. The molecule has 0 aliphatic rings. The predicted octanol–water partition coefficient (Wildman–Crippen LogP) is 5.03. The van der Waals surface area contributed by atoms with E-state index in [-0.39, 0.29) is 0 Å². The van der Waals surface area contributed by atoms with Crippen molar-refractivity contribution in [3.05, 3.63) is 66.5 Å². The SMILES string of the molecule is CCC/C=C/c1nc(-c2ccccc2)nc(-c2ccc(OC)cc2)n1. The van der Waals surface area contributed by atoms with Crippen LogP contribution in [0.4, 0.5) is 0 Å². The van der Waals surface area contributed by atoms with E-state index in [1.807, 2.05) is 60.7 Å². The summed E-state index contributed by atoms with van der Waals surface area (Å²) in [6.07, 6.45) is 6.16. The van der Waals surface area contributed by atoms with Crippen LogP contribution in [0.15, 0.2) is 60.7 Å². The second-order valence-corrected chi connectivity index (χ2v) is 5.63. The third-order valence-corrected chi connectivity index (χ3v) is 3.76. The van der Waals surface area contributed by atoms with Crippen molar-refractivity contribution in [1.29, 1.82) is 0 Å². The Morgan fingerprint density at radius 2 is 1.48 bits per heavy atom. The average molecular weight is 331 g/mol. The van der Waals surface area contributed by atoms with Gasteiger partial charge in [0.25, 0.3) is 0 Å². The fourth-order valence-electron chi connectivity index (χ4n) is 2.41. The number of allylic oxidation sites excluding steroid dienone is 1. The molecule has 126 valence electrons. The first-order valence-corrected chi connectivity index (χ1v) is 8.42. The molecule has 3 aromatic rings. The lowest BCUT2D eigenvalue weighted by atomic mass is 10.2. The van der Waals surface area contributed by atoms with Crippen LogP contribution in [0.25, 0.3) is 28.9 Å². The topological polar surface area (TPSA) is 47.9 Å². The number of rotatable bonds is 6. The van der Waals surface area contributed by atoms with Crippen molar-refractivity contribution in [1.82, 2.24) is 15.0 Å². The maximum Gasteiger partial charge on any atom is 0.164 e. The van der Waals surface area contributed by atoms with E-state index in [0.29, 0.717) is 17.5 Å². The Morgan fingerprint density at radius 1 is 0.840 bits per heavy atom. The van der Waals surface area contributed by atoms with Crippen LogP contribution in [0.2, 0.25) is 0 Å². The largest absolute Gasteiger partial charge is 0.497 e. The van der Waals surface area contributed by atoms with Gasteiger partial charge in [-0.3, -0.25) is 0 Å². The lowest BCUT2D eigenvalue weighted by Gasteiger charge is -2.07. The summed E-state index contributed by atoms with van der Waals surface area (Å²) in [4.78, 5) is 13.9. The van der Waals surface area contributed by atoms with E-state index >= 15 is 0 Å². The highest BCUT2D eigenvalue weighted by molar-refractivity contribution is 5.63. The van der Waals surface area contributed by atoms with Gasteiger partial charge in [-0.05, 0) is 36.8 Å². The number of nitrogens with zero attached hydrogens (tertiary/aromatic N) is 3. The van der Waals surface area contributed by atoms with Crippen molar-refractivity contribution in [3.8, 4) is 28.5 Å². The van der Waals surface area contributed by atoms with Crippen LogP contribution in [-0.4, -0.2) is 22.1 Å². The van der Waals surface area contributed by atoms with Gasteiger partial charge in [-0.25, -0.2) is 15.0 Å². The lowest BCUT2D eigenvalue weighted by molar-refractivity contribution is 0.415. The van der Waals surface area contributed by atoms with Crippen molar-refractivity contribution in [2.75, 3.05) is 7.11 Å². The minimum atomic E-state index is 0.660. The minimum Gasteiger partial charge on any atom is -0.497 e. The molecule has 0 bridgehead atoms. The predicted molar refractivity (Wildman–Crippen MR) is 101 cm³/mol. The highest BCUT2D eigenvalue weighted by Gasteiger charge is 2.09. The van der Waals surface area contributed by atoms with Crippen LogP contribution in [0, 0.1) is 0 Å². The van der Waals surface area contributed by atoms with Gasteiger partial charge >= 0.3 is 0 Å². The summed E-state index contributed by atoms with van der Waals surface area (Å²) in [6, 6.07) is 17.7. The molecule has 0 atom stereocenters. The van der Waals surface area contributed by atoms with Crippen LogP contribution in [0.1, 0.15) is 25.6 Å². The van der Waals surface area contributed by atoms with Crippen LogP contribution < -0.4 is 4.74 Å². The normalized spacial score (nSPS) is 11.0. The maximum atomic E-state index is 5.22. The van der Waals surface area contributed by atoms with Crippen molar-refractivity contribution < 1.29 is 4.74 Å². The quantitative estimate of drug-likeness (QED) is 0.636. The van der Waals surface area contributed by atoms with Crippen molar-refractivity contribution in [2.24, 2.45) is 0 Å². The van der Waals surface area contributed by atoms with Crippen molar-refractivity contribution >= 4 is 6.08 Å². The number of methoxy groups -OCH3 is 1. The summed E-state index contributed by atoms with van der Waals surface area (Å²) in [5, 5.41) is 0. The van der Waals surface area contributed by atoms with Crippen LogP contribution in [0.5, 0.6) is 5.75 Å². The second-order valence-electron chi connectivity index (χ2n) is 5.63. The zero-order valence-electron chi connectivity index (χ0n) is 14.5. The van der Waals surface area contributed by atoms with Gasteiger partial charge in [0.1, 0.15) is 5.75 Å². The zero-order chi connectivity index (χ0) is 17.5. The third-order valence-electron chi connectivity index (χ3n) is 3.76. The molecule has 0 fully saturated rings. The molecule has 2 aromatic carbocycles. The molecule has 4 nitrogen and oxygen atoms in total. The number of hydrogen-bond donors (Lipinski definition) is 0. The maximum absolute atomic E-state index is 5.22. The van der Waals surface area contributed by atoms with E-state index in [2.05, 4.69) is 28.0 Å². The molecule has 0 saturated carbocycles.